The molecule has 0 unspecified atom stereocenters. The molecule has 1 heterocycles. The highest BCUT2D eigenvalue weighted by Gasteiger charge is 2.11. The molecular weight excluding hydrogens is 405 g/mol. The van der Waals surface area contributed by atoms with Crippen LogP contribution in [-0.2, 0) is 0 Å². The molecular formula is C29H22BNO2. The van der Waals surface area contributed by atoms with Crippen LogP contribution in [-0.4, -0.2) is 22.2 Å². The van der Waals surface area contributed by atoms with Crippen LogP contribution < -0.4 is 5.46 Å². The lowest BCUT2D eigenvalue weighted by Crippen LogP contribution is -2.29. The van der Waals surface area contributed by atoms with Crippen molar-refractivity contribution in [2.75, 3.05) is 0 Å². The number of benzene rings is 4. The van der Waals surface area contributed by atoms with Gasteiger partial charge in [0.15, 0.2) is 0 Å². The highest BCUT2D eigenvalue weighted by molar-refractivity contribution is 6.58. The molecule has 5 rings (SSSR count). The van der Waals surface area contributed by atoms with Crippen LogP contribution in [0.3, 0.4) is 0 Å². The van der Waals surface area contributed by atoms with Crippen LogP contribution in [0.5, 0.6) is 0 Å². The molecule has 0 aliphatic carbocycles. The third-order valence-corrected chi connectivity index (χ3v) is 5.72. The van der Waals surface area contributed by atoms with Crippen LogP contribution in [0.1, 0.15) is 0 Å². The summed E-state index contributed by atoms with van der Waals surface area (Å²) in [6.07, 6.45) is 0. The van der Waals surface area contributed by atoms with E-state index in [1.807, 2.05) is 48.5 Å². The van der Waals surface area contributed by atoms with Gasteiger partial charge in [0.05, 0.1) is 11.4 Å². The predicted molar refractivity (Wildman–Crippen MR) is 136 cm³/mol. The number of hydrogen-bond acceptors (Lipinski definition) is 3. The molecule has 0 aliphatic rings. The van der Waals surface area contributed by atoms with Crippen molar-refractivity contribution in [3.8, 4) is 44.8 Å². The van der Waals surface area contributed by atoms with Gasteiger partial charge in [-0.05, 0) is 39.8 Å². The molecule has 158 valence electrons. The second-order valence-corrected chi connectivity index (χ2v) is 7.93. The van der Waals surface area contributed by atoms with Crippen LogP contribution in [0.25, 0.3) is 44.8 Å². The van der Waals surface area contributed by atoms with Crippen LogP contribution in [0.2, 0.25) is 0 Å². The third-order valence-electron chi connectivity index (χ3n) is 5.72. The topological polar surface area (TPSA) is 53.4 Å². The lowest BCUT2D eigenvalue weighted by molar-refractivity contribution is 0.426. The lowest BCUT2D eigenvalue weighted by atomic mass is 9.80. The van der Waals surface area contributed by atoms with E-state index in [0.717, 1.165) is 44.8 Å². The van der Waals surface area contributed by atoms with E-state index in [-0.39, 0.29) is 0 Å². The van der Waals surface area contributed by atoms with Crippen molar-refractivity contribution >= 4 is 12.6 Å². The fraction of sp³-hybridized carbons (Fsp3) is 0. The van der Waals surface area contributed by atoms with Crippen molar-refractivity contribution in [1.29, 1.82) is 0 Å². The molecule has 0 saturated carbocycles. The smallest absolute Gasteiger partial charge is 0.423 e. The van der Waals surface area contributed by atoms with Crippen molar-refractivity contribution in [3.63, 3.8) is 0 Å². The number of hydrogen-bond donors (Lipinski definition) is 2. The Kier molecular flexibility index (Phi) is 5.86. The maximum Gasteiger partial charge on any atom is 0.488 e. The van der Waals surface area contributed by atoms with E-state index in [0.29, 0.717) is 5.46 Å². The minimum absolute atomic E-state index is 0.478. The summed E-state index contributed by atoms with van der Waals surface area (Å²) in [6, 6.07) is 40.4. The maximum absolute atomic E-state index is 9.31. The van der Waals surface area contributed by atoms with Crippen LogP contribution >= 0.6 is 0 Å². The summed E-state index contributed by atoms with van der Waals surface area (Å²) in [4.78, 5) is 4.98. The fourth-order valence-corrected chi connectivity index (χ4v) is 3.91. The Morgan fingerprint density at radius 2 is 0.818 bits per heavy atom. The molecule has 0 amide bonds. The van der Waals surface area contributed by atoms with E-state index in [2.05, 4.69) is 60.7 Å². The fourth-order valence-electron chi connectivity index (χ4n) is 3.91. The normalized spacial score (nSPS) is 10.7. The zero-order chi connectivity index (χ0) is 22.6. The summed E-state index contributed by atoms with van der Waals surface area (Å²) in [5, 5.41) is 18.6. The van der Waals surface area contributed by atoms with Gasteiger partial charge in [-0.15, -0.1) is 0 Å². The second-order valence-electron chi connectivity index (χ2n) is 7.93. The maximum atomic E-state index is 9.31. The Balaban J connectivity index is 1.54. The first-order chi connectivity index (χ1) is 16.2. The first-order valence-electron chi connectivity index (χ1n) is 10.9. The van der Waals surface area contributed by atoms with E-state index in [1.165, 1.54) is 0 Å². The third kappa shape index (κ3) is 4.63. The predicted octanol–water partition coefficient (Wildman–Crippen LogP) is 5.43. The van der Waals surface area contributed by atoms with Gasteiger partial charge >= 0.3 is 7.12 Å². The Bertz CT molecular complexity index is 1290. The molecule has 0 bridgehead atoms. The van der Waals surface area contributed by atoms with Gasteiger partial charge in [-0.2, -0.15) is 0 Å². The van der Waals surface area contributed by atoms with Gasteiger partial charge in [0.1, 0.15) is 0 Å². The molecule has 3 nitrogen and oxygen atoms in total. The van der Waals surface area contributed by atoms with Gasteiger partial charge in [0.2, 0.25) is 0 Å². The number of aromatic nitrogens is 1. The Hall–Kier alpha value is -3.99. The number of nitrogens with zero attached hydrogens (tertiary/aromatic N) is 1. The van der Waals surface area contributed by atoms with Crippen molar-refractivity contribution < 1.29 is 10.0 Å². The monoisotopic (exact) mass is 427 g/mol. The average Bonchev–Trinajstić information content (AvgIpc) is 2.89. The summed E-state index contributed by atoms with van der Waals surface area (Å²) >= 11 is 0. The molecule has 33 heavy (non-hydrogen) atoms. The van der Waals surface area contributed by atoms with Crippen molar-refractivity contribution in [1.82, 2.24) is 4.98 Å². The van der Waals surface area contributed by atoms with Crippen molar-refractivity contribution in [2.45, 2.75) is 0 Å². The van der Waals surface area contributed by atoms with E-state index in [1.54, 1.807) is 12.1 Å². The lowest BCUT2D eigenvalue weighted by Gasteiger charge is -2.11. The zero-order valence-corrected chi connectivity index (χ0v) is 18.0. The standard InChI is InChI=1S/C29H22BNO2/c32-30(33)27-17-15-23(16-18-27)22-11-13-25(14-12-22)29-20-26(21-7-3-1-4-8-21)19-28(31-29)24-9-5-2-6-10-24/h1-20,32-33H. The van der Waals surface area contributed by atoms with E-state index < -0.39 is 7.12 Å². The van der Waals surface area contributed by atoms with Crippen LogP contribution in [0.4, 0.5) is 0 Å². The highest BCUT2D eigenvalue weighted by atomic mass is 16.4. The van der Waals surface area contributed by atoms with E-state index in [4.69, 9.17) is 4.98 Å². The Labute approximate surface area is 193 Å². The summed E-state index contributed by atoms with van der Waals surface area (Å²) in [6.45, 7) is 0. The van der Waals surface area contributed by atoms with Crippen molar-refractivity contribution in [2.24, 2.45) is 0 Å². The van der Waals surface area contributed by atoms with Gasteiger partial charge in [-0.25, -0.2) is 4.98 Å². The Morgan fingerprint density at radius 1 is 0.424 bits per heavy atom. The first-order valence-corrected chi connectivity index (χ1v) is 10.9. The number of rotatable bonds is 5. The molecule has 0 atom stereocenters. The SMILES string of the molecule is OB(O)c1ccc(-c2ccc(-c3cc(-c4ccccc4)cc(-c4ccccc4)n3)cc2)cc1. The minimum Gasteiger partial charge on any atom is -0.423 e. The molecule has 0 saturated heterocycles. The molecule has 0 spiro atoms. The minimum atomic E-state index is -1.46. The van der Waals surface area contributed by atoms with Gasteiger partial charge in [-0.1, -0.05) is 109 Å². The highest BCUT2D eigenvalue weighted by Crippen LogP contribution is 2.31. The zero-order valence-electron chi connectivity index (χ0n) is 18.0. The molecule has 4 aromatic carbocycles. The summed E-state index contributed by atoms with van der Waals surface area (Å²) in [5.74, 6) is 0. The Morgan fingerprint density at radius 3 is 1.33 bits per heavy atom. The summed E-state index contributed by atoms with van der Waals surface area (Å²) in [7, 11) is -1.46. The number of pyridine rings is 1. The molecule has 0 aliphatic heterocycles. The molecule has 2 N–H and O–H groups in total. The quantitative estimate of drug-likeness (QED) is 0.368. The second kappa shape index (κ2) is 9.25. The summed E-state index contributed by atoms with van der Waals surface area (Å²) in [5.41, 5.74) is 8.81. The molecule has 4 heteroatoms. The van der Waals surface area contributed by atoms with Gasteiger partial charge in [0, 0.05) is 11.1 Å². The molecule has 0 radical (unpaired) electrons. The van der Waals surface area contributed by atoms with Crippen LogP contribution in [0, 0.1) is 0 Å². The molecule has 5 aromatic rings. The van der Waals surface area contributed by atoms with Gasteiger partial charge in [-0.3, -0.25) is 0 Å². The van der Waals surface area contributed by atoms with E-state index in [9.17, 15) is 10.0 Å². The average molecular weight is 427 g/mol. The van der Waals surface area contributed by atoms with Gasteiger partial charge in [0.25, 0.3) is 0 Å². The molecule has 1 aromatic heterocycles. The summed E-state index contributed by atoms with van der Waals surface area (Å²) < 4.78 is 0. The first kappa shape index (κ1) is 20.9. The van der Waals surface area contributed by atoms with Gasteiger partial charge < -0.3 is 10.0 Å². The molecule has 0 fully saturated rings. The van der Waals surface area contributed by atoms with Crippen molar-refractivity contribution in [3.05, 3.63) is 121 Å². The van der Waals surface area contributed by atoms with E-state index >= 15 is 0 Å². The largest absolute Gasteiger partial charge is 0.488 e. The van der Waals surface area contributed by atoms with Crippen LogP contribution in [0.15, 0.2) is 121 Å².